The predicted octanol–water partition coefficient (Wildman–Crippen LogP) is 1.42. The van der Waals surface area contributed by atoms with Gasteiger partial charge in [-0.2, -0.15) is 0 Å². The van der Waals surface area contributed by atoms with Crippen molar-refractivity contribution in [2.75, 3.05) is 24.6 Å². The Hall–Kier alpha value is -2.04. The maximum Gasteiger partial charge on any atom is 0.250 e. The Morgan fingerprint density at radius 2 is 2.20 bits per heavy atom. The van der Waals surface area contributed by atoms with E-state index in [1.807, 2.05) is 31.2 Å². The van der Waals surface area contributed by atoms with Crippen LogP contribution in [0.4, 0.5) is 5.69 Å². The molecule has 1 aromatic carbocycles. The summed E-state index contributed by atoms with van der Waals surface area (Å²) in [4.78, 5) is 27.9. The largest absolute Gasteiger partial charge is 0.494 e. The van der Waals surface area contributed by atoms with Crippen molar-refractivity contribution >= 4 is 17.5 Å². The number of rotatable bonds is 3. The van der Waals surface area contributed by atoms with Crippen molar-refractivity contribution in [2.24, 2.45) is 0 Å². The summed E-state index contributed by atoms with van der Waals surface area (Å²) in [5.74, 6) is 0.781. The number of benzene rings is 1. The number of carbonyl (C=O) groups is 2. The van der Waals surface area contributed by atoms with Gasteiger partial charge in [0.1, 0.15) is 18.3 Å². The van der Waals surface area contributed by atoms with E-state index in [9.17, 15) is 9.59 Å². The van der Waals surface area contributed by atoms with Crippen molar-refractivity contribution in [3.05, 3.63) is 24.3 Å². The topological polar surface area (TPSA) is 49.9 Å². The molecule has 5 heteroatoms. The zero-order chi connectivity index (χ0) is 14.1. The molecular formula is C15H18N2O3. The minimum Gasteiger partial charge on any atom is -0.494 e. The first-order chi connectivity index (χ1) is 9.70. The molecule has 3 rings (SSSR count). The molecule has 5 nitrogen and oxygen atoms in total. The molecule has 2 fully saturated rings. The number of hydrogen-bond donors (Lipinski definition) is 0. The Balaban J connectivity index is 1.87. The first kappa shape index (κ1) is 13.0. The Labute approximate surface area is 118 Å². The van der Waals surface area contributed by atoms with Crippen LogP contribution in [0.1, 0.15) is 19.8 Å². The first-order valence-electron chi connectivity index (χ1n) is 7.04. The molecule has 0 aliphatic carbocycles. The monoisotopic (exact) mass is 274 g/mol. The third kappa shape index (κ3) is 2.13. The maximum absolute atomic E-state index is 12.5. The third-order valence-corrected chi connectivity index (χ3v) is 3.86. The second-order valence-corrected chi connectivity index (χ2v) is 5.10. The van der Waals surface area contributed by atoms with Crippen molar-refractivity contribution in [3.63, 3.8) is 0 Å². The fourth-order valence-electron chi connectivity index (χ4n) is 2.93. The van der Waals surface area contributed by atoms with Gasteiger partial charge >= 0.3 is 0 Å². The van der Waals surface area contributed by atoms with E-state index in [4.69, 9.17) is 4.74 Å². The van der Waals surface area contributed by atoms with E-state index in [-0.39, 0.29) is 24.4 Å². The van der Waals surface area contributed by atoms with Gasteiger partial charge in [-0.3, -0.25) is 9.59 Å². The van der Waals surface area contributed by atoms with Gasteiger partial charge in [0.15, 0.2) is 0 Å². The molecule has 0 saturated carbocycles. The molecule has 20 heavy (non-hydrogen) atoms. The highest BCUT2D eigenvalue weighted by molar-refractivity contribution is 6.06. The maximum atomic E-state index is 12.5. The summed E-state index contributed by atoms with van der Waals surface area (Å²) in [6.45, 7) is 3.33. The summed E-state index contributed by atoms with van der Waals surface area (Å²) in [5.41, 5.74) is 0.737. The van der Waals surface area contributed by atoms with Crippen LogP contribution in [0, 0.1) is 0 Å². The number of fused-ring (bicyclic) bond motifs is 1. The van der Waals surface area contributed by atoms with Crippen molar-refractivity contribution in [3.8, 4) is 5.75 Å². The Kier molecular flexibility index (Phi) is 3.34. The van der Waals surface area contributed by atoms with Crippen LogP contribution in [0.2, 0.25) is 0 Å². The lowest BCUT2D eigenvalue weighted by atomic mass is 10.1. The Morgan fingerprint density at radius 1 is 1.35 bits per heavy atom. The van der Waals surface area contributed by atoms with Crippen molar-refractivity contribution < 1.29 is 14.3 Å². The standard InChI is InChI=1S/C15H18N2O3/c1-2-20-12-6-3-5-11(9-12)17-10-14(18)16-8-4-7-13(16)15(17)19/h3,5-6,9,13H,2,4,7-8,10H2,1H3. The van der Waals surface area contributed by atoms with Gasteiger partial charge in [-0.25, -0.2) is 0 Å². The van der Waals surface area contributed by atoms with Crippen LogP contribution in [0.15, 0.2) is 24.3 Å². The van der Waals surface area contributed by atoms with E-state index in [1.54, 1.807) is 9.80 Å². The van der Waals surface area contributed by atoms with E-state index in [1.165, 1.54) is 0 Å². The average Bonchev–Trinajstić information content (AvgIpc) is 2.94. The lowest BCUT2D eigenvalue weighted by Crippen LogP contribution is -2.57. The lowest BCUT2D eigenvalue weighted by Gasteiger charge is -2.36. The molecule has 106 valence electrons. The fourth-order valence-corrected chi connectivity index (χ4v) is 2.93. The van der Waals surface area contributed by atoms with Gasteiger partial charge in [-0.1, -0.05) is 6.07 Å². The Bertz CT molecular complexity index is 544. The molecule has 2 aliphatic rings. The van der Waals surface area contributed by atoms with Crippen molar-refractivity contribution in [1.29, 1.82) is 0 Å². The average molecular weight is 274 g/mol. The molecule has 0 aromatic heterocycles. The zero-order valence-corrected chi connectivity index (χ0v) is 11.5. The summed E-state index contributed by atoms with van der Waals surface area (Å²) in [6.07, 6.45) is 1.68. The smallest absolute Gasteiger partial charge is 0.250 e. The van der Waals surface area contributed by atoms with Gasteiger partial charge < -0.3 is 14.5 Å². The van der Waals surface area contributed by atoms with Gasteiger partial charge in [0.25, 0.3) is 0 Å². The number of anilines is 1. The molecule has 2 heterocycles. The van der Waals surface area contributed by atoms with Gasteiger partial charge in [-0.15, -0.1) is 0 Å². The molecular weight excluding hydrogens is 256 g/mol. The highest BCUT2D eigenvalue weighted by Crippen LogP contribution is 2.29. The molecule has 1 atom stereocenters. The highest BCUT2D eigenvalue weighted by Gasteiger charge is 2.42. The first-order valence-corrected chi connectivity index (χ1v) is 7.04. The van der Waals surface area contributed by atoms with Crippen molar-refractivity contribution in [2.45, 2.75) is 25.8 Å². The summed E-state index contributed by atoms with van der Waals surface area (Å²) in [6, 6.07) is 7.09. The quantitative estimate of drug-likeness (QED) is 0.837. The SMILES string of the molecule is CCOc1cccc(N2CC(=O)N3CCCC3C2=O)c1. The lowest BCUT2D eigenvalue weighted by molar-refractivity contribution is -0.140. The second kappa shape index (κ2) is 5.15. The number of piperazine rings is 1. The number of amides is 2. The predicted molar refractivity (Wildman–Crippen MR) is 74.7 cm³/mol. The molecule has 1 aromatic rings. The van der Waals surface area contributed by atoms with Gasteiger partial charge in [0.2, 0.25) is 11.8 Å². The minimum atomic E-state index is -0.271. The second-order valence-electron chi connectivity index (χ2n) is 5.10. The normalized spacial score (nSPS) is 22.1. The van der Waals surface area contributed by atoms with Crippen molar-refractivity contribution in [1.82, 2.24) is 4.90 Å². The number of hydrogen-bond acceptors (Lipinski definition) is 3. The van der Waals surface area contributed by atoms with E-state index in [2.05, 4.69) is 0 Å². The van der Waals surface area contributed by atoms with Crippen LogP contribution in [0.3, 0.4) is 0 Å². The van der Waals surface area contributed by atoms with E-state index in [0.29, 0.717) is 13.2 Å². The third-order valence-electron chi connectivity index (χ3n) is 3.86. The van der Waals surface area contributed by atoms with E-state index < -0.39 is 0 Å². The molecule has 2 saturated heterocycles. The highest BCUT2D eigenvalue weighted by atomic mass is 16.5. The van der Waals surface area contributed by atoms with Crippen LogP contribution in [-0.4, -0.2) is 42.5 Å². The van der Waals surface area contributed by atoms with E-state index in [0.717, 1.165) is 24.3 Å². The molecule has 2 amide bonds. The Morgan fingerprint density at radius 3 is 3.00 bits per heavy atom. The molecule has 1 unspecified atom stereocenters. The van der Waals surface area contributed by atoms with Crippen LogP contribution in [0.5, 0.6) is 5.75 Å². The summed E-state index contributed by atoms with van der Waals surface area (Å²) in [7, 11) is 0. The van der Waals surface area contributed by atoms with Crippen LogP contribution in [0.25, 0.3) is 0 Å². The number of nitrogens with zero attached hydrogens (tertiary/aromatic N) is 2. The van der Waals surface area contributed by atoms with Crippen LogP contribution < -0.4 is 9.64 Å². The minimum absolute atomic E-state index is 0.0238. The van der Waals surface area contributed by atoms with E-state index >= 15 is 0 Å². The summed E-state index contributed by atoms with van der Waals surface area (Å²) in [5, 5.41) is 0. The fraction of sp³-hybridized carbons (Fsp3) is 0.467. The van der Waals surface area contributed by atoms with Crippen LogP contribution >= 0.6 is 0 Å². The summed E-state index contributed by atoms with van der Waals surface area (Å²) >= 11 is 0. The van der Waals surface area contributed by atoms with Gasteiger partial charge in [0, 0.05) is 18.3 Å². The zero-order valence-electron chi connectivity index (χ0n) is 11.5. The number of ether oxygens (including phenoxy) is 1. The molecule has 0 N–H and O–H groups in total. The molecule has 2 aliphatic heterocycles. The molecule has 0 radical (unpaired) electrons. The van der Waals surface area contributed by atoms with Gasteiger partial charge in [0.05, 0.1) is 6.61 Å². The molecule has 0 spiro atoms. The molecule has 0 bridgehead atoms. The van der Waals surface area contributed by atoms with Gasteiger partial charge in [-0.05, 0) is 31.9 Å². The number of carbonyl (C=O) groups excluding carboxylic acids is 2. The summed E-state index contributed by atoms with van der Waals surface area (Å²) < 4.78 is 5.45. The van der Waals surface area contributed by atoms with Crippen LogP contribution in [-0.2, 0) is 9.59 Å².